The van der Waals surface area contributed by atoms with Gasteiger partial charge < -0.3 is 15.4 Å². The van der Waals surface area contributed by atoms with Gasteiger partial charge in [-0.15, -0.1) is 0 Å². The van der Waals surface area contributed by atoms with Crippen LogP contribution < -0.4 is 10.6 Å². The Morgan fingerprint density at radius 1 is 1.28 bits per heavy atom. The number of nitrogens with zero attached hydrogens (tertiary/aromatic N) is 1. The van der Waals surface area contributed by atoms with Crippen LogP contribution in [0.5, 0.6) is 0 Å². The summed E-state index contributed by atoms with van der Waals surface area (Å²) < 4.78 is 19.7. The molecule has 2 atom stereocenters. The molecule has 1 saturated carbocycles. The Kier molecular flexibility index (Phi) is 8.28. The number of halogens is 1. The molecule has 1 aliphatic carbocycles. The quantitative estimate of drug-likeness (QED) is 0.479. The minimum absolute atomic E-state index is 0.00857. The maximum absolute atomic E-state index is 14.6. The maximum Gasteiger partial charge on any atom is 0.319 e. The molecule has 7 nitrogen and oxygen atoms in total. The minimum Gasteiger partial charge on any atom is -0.465 e. The van der Waals surface area contributed by atoms with Gasteiger partial charge in [0, 0.05) is 12.0 Å². The van der Waals surface area contributed by atoms with Crippen molar-refractivity contribution in [1.82, 2.24) is 10.6 Å². The molecule has 9 heteroatoms. The van der Waals surface area contributed by atoms with Crippen LogP contribution in [0.25, 0.3) is 0 Å². The number of ether oxygens (including phenoxy) is 1. The Labute approximate surface area is 190 Å². The Balaban J connectivity index is 1.87. The number of hydrogen-bond donors (Lipinski definition) is 2. The Morgan fingerprint density at radius 3 is 2.66 bits per heavy atom. The van der Waals surface area contributed by atoms with E-state index in [-0.39, 0.29) is 40.5 Å². The number of thioether (sulfide) groups is 1. The highest BCUT2D eigenvalue weighted by Crippen LogP contribution is 2.41. The minimum atomic E-state index is -1.40. The van der Waals surface area contributed by atoms with Gasteiger partial charge in [-0.1, -0.05) is 49.2 Å². The largest absolute Gasteiger partial charge is 0.465 e. The van der Waals surface area contributed by atoms with Crippen molar-refractivity contribution >= 4 is 29.5 Å². The first kappa shape index (κ1) is 23.8. The Bertz CT molecular complexity index is 953. The second-order valence-corrected chi connectivity index (χ2v) is 8.75. The van der Waals surface area contributed by atoms with Gasteiger partial charge in [-0.2, -0.15) is 5.26 Å². The smallest absolute Gasteiger partial charge is 0.319 e. The highest BCUT2D eigenvalue weighted by molar-refractivity contribution is 8.03. The van der Waals surface area contributed by atoms with E-state index in [1.165, 1.54) is 24.6 Å². The zero-order valence-corrected chi connectivity index (χ0v) is 18.7. The first-order chi connectivity index (χ1) is 15.5. The number of carbonyl (C=O) groups excluding carboxylic acids is 3. The summed E-state index contributed by atoms with van der Waals surface area (Å²) in [6.45, 7) is 1.64. The zero-order chi connectivity index (χ0) is 23.1. The van der Waals surface area contributed by atoms with E-state index in [9.17, 15) is 24.0 Å². The van der Waals surface area contributed by atoms with Crippen LogP contribution in [0.4, 0.5) is 4.39 Å². The highest BCUT2D eigenvalue weighted by Gasteiger charge is 2.45. The van der Waals surface area contributed by atoms with Crippen molar-refractivity contribution in [3.8, 4) is 6.07 Å². The molecule has 1 aliphatic heterocycles. The van der Waals surface area contributed by atoms with E-state index >= 15 is 0 Å². The van der Waals surface area contributed by atoms with Gasteiger partial charge in [0.1, 0.15) is 11.7 Å². The number of benzene rings is 1. The van der Waals surface area contributed by atoms with Crippen molar-refractivity contribution < 1.29 is 23.5 Å². The molecular weight excluding hydrogens is 433 g/mol. The van der Waals surface area contributed by atoms with Crippen LogP contribution in [0.1, 0.15) is 50.5 Å². The van der Waals surface area contributed by atoms with Crippen molar-refractivity contribution in [2.45, 2.75) is 51.0 Å². The lowest BCUT2D eigenvalue weighted by molar-refractivity contribution is -0.152. The molecule has 0 aromatic heterocycles. The molecule has 1 heterocycles. The van der Waals surface area contributed by atoms with Gasteiger partial charge in [0.25, 0.3) is 0 Å². The predicted octanol–water partition coefficient (Wildman–Crippen LogP) is 3.14. The lowest BCUT2D eigenvalue weighted by atomic mass is 9.78. The molecule has 32 heavy (non-hydrogen) atoms. The third-order valence-corrected chi connectivity index (χ3v) is 6.64. The van der Waals surface area contributed by atoms with Gasteiger partial charge in [0.05, 0.1) is 29.0 Å². The molecule has 0 spiro atoms. The molecular formula is C23H26FN3O4S. The average Bonchev–Trinajstić information content (AvgIpc) is 2.78. The topological polar surface area (TPSA) is 108 Å². The van der Waals surface area contributed by atoms with Crippen LogP contribution in [-0.2, 0) is 19.1 Å². The van der Waals surface area contributed by atoms with Crippen LogP contribution in [0.2, 0.25) is 0 Å². The standard InChI is InChI=1S/C23H26FN3O4S/c1-2-31-23(30)20-19(15-10-6-7-11-17(15)24)16(12-25)22(27-21(20)29)32-13-18(28)26-14-8-4-3-5-9-14/h6-7,10-11,14,19-20H,2-5,8-9,13H2,1H3,(H,26,28)(H,27,29)/t19-,20-/m1/s1. The summed E-state index contributed by atoms with van der Waals surface area (Å²) in [6, 6.07) is 7.88. The van der Waals surface area contributed by atoms with Crippen LogP contribution in [0.3, 0.4) is 0 Å². The van der Waals surface area contributed by atoms with Crippen LogP contribution in [-0.4, -0.2) is 36.2 Å². The summed E-state index contributed by atoms with van der Waals surface area (Å²) in [5.41, 5.74) is 0.0879. The van der Waals surface area contributed by atoms with E-state index < -0.39 is 29.5 Å². The maximum atomic E-state index is 14.6. The van der Waals surface area contributed by atoms with Gasteiger partial charge >= 0.3 is 5.97 Å². The third kappa shape index (κ3) is 5.49. The summed E-state index contributed by atoms with van der Waals surface area (Å²) in [6.07, 6.45) is 5.21. The van der Waals surface area contributed by atoms with Gasteiger partial charge in [-0.3, -0.25) is 14.4 Å². The molecule has 1 aromatic carbocycles. The van der Waals surface area contributed by atoms with Gasteiger partial charge in [0.2, 0.25) is 11.8 Å². The Morgan fingerprint density at radius 2 is 2.00 bits per heavy atom. The molecule has 1 aromatic rings. The number of hydrogen-bond acceptors (Lipinski definition) is 6. The van der Waals surface area contributed by atoms with E-state index in [4.69, 9.17) is 4.74 Å². The molecule has 2 amide bonds. The van der Waals surface area contributed by atoms with Crippen LogP contribution in [0, 0.1) is 23.1 Å². The van der Waals surface area contributed by atoms with Crippen LogP contribution >= 0.6 is 11.8 Å². The second kappa shape index (κ2) is 11.1. The molecule has 170 valence electrons. The SMILES string of the molecule is CCOC(=O)[C@H]1C(=O)NC(SCC(=O)NC2CCCCC2)=C(C#N)[C@H]1c1ccccc1F. The van der Waals surface area contributed by atoms with Crippen LogP contribution in [0.15, 0.2) is 34.9 Å². The van der Waals surface area contributed by atoms with Crippen molar-refractivity contribution in [2.75, 3.05) is 12.4 Å². The highest BCUT2D eigenvalue weighted by atomic mass is 32.2. The lowest BCUT2D eigenvalue weighted by Crippen LogP contribution is -2.45. The third-order valence-electron chi connectivity index (χ3n) is 5.63. The normalized spacial score (nSPS) is 21.5. The summed E-state index contributed by atoms with van der Waals surface area (Å²) in [4.78, 5) is 37.8. The molecule has 2 N–H and O–H groups in total. The first-order valence-corrected chi connectivity index (χ1v) is 11.7. The summed E-state index contributed by atoms with van der Waals surface area (Å²) in [7, 11) is 0. The molecule has 1 fully saturated rings. The molecule has 0 unspecified atom stereocenters. The number of amides is 2. The lowest BCUT2D eigenvalue weighted by Gasteiger charge is -2.31. The van der Waals surface area contributed by atoms with Crippen molar-refractivity contribution in [3.63, 3.8) is 0 Å². The monoisotopic (exact) mass is 459 g/mol. The number of nitriles is 1. The number of allylic oxidation sites excluding steroid dienone is 1. The van der Waals surface area contributed by atoms with E-state index in [1.54, 1.807) is 13.0 Å². The first-order valence-electron chi connectivity index (χ1n) is 10.7. The molecule has 0 saturated heterocycles. The number of nitrogens with one attached hydrogen (secondary N) is 2. The number of esters is 1. The Hall–Kier alpha value is -2.86. The number of rotatable bonds is 7. The van der Waals surface area contributed by atoms with Gasteiger partial charge in [-0.05, 0) is 31.4 Å². The number of carbonyl (C=O) groups is 3. The van der Waals surface area contributed by atoms with Crippen molar-refractivity contribution in [3.05, 3.63) is 46.2 Å². The van der Waals surface area contributed by atoms with Crippen molar-refractivity contribution in [1.29, 1.82) is 5.26 Å². The average molecular weight is 460 g/mol. The van der Waals surface area contributed by atoms with E-state index in [1.807, 2.05) is 6.07 Å². The summed E-state index contributed by atoms with van der Waals surface area (Å²) in [5, 5.41) is 15.6. The van der Waals surface area contributed by atoms with E-state index in [0.717, 1.165) is 37.4 Å². The summed E-state index contributed by atoms with van der Waals surface area (Å²) >= 11 is 1.00. The zero-order valence-electron chi connectivity index (χ0n) is 17.9. The predicted molar refractivity (Wildman–Crippen MR) is 118 cm³/mol. The molecule has 3 rings (SSSR count). The molecule has 0 bridgehead atoms. The van der Waals surface area contributed by atoms with Crippen molar-refractivity contribution in [2.24, 2.45) is 5.92 Å². The van der Waals surface area contributed by atoms with E-state index in [0.29, 0.717) is 0 Å². The fourth-order valence-electron chi connectivity index (χ4n) is 4.14. The summed E-state index contributed by atoms with van der Waals surface area (Å²) in [5.74, 6) is -4.90. The molecule has 0 radical (unpaired) electrons. The second-order valence-electron chi connectivity index (χ2n) is 7.76. The fourth-order valence-corrected chi connectivity index (χ4v) is 5.00. The fraction of sp³-hybridized carbons (Fsp3) is 0.478. The van der Waals surface area contributed by atoms with Gasteiger partial charge in [-0.25, -0.2) is 4.39 Å². The van der Waals surface area contributed by atoms with Gasteiger partial charge in [0.15, 0.2) is 0 Å². The molecule has 2 aliphatic rings. The van der Waals surface area contributed by atoms with E-state index in [2.05, 4.69) is 10.6 Å².